The van der Waals surface area contributed by atoms with Crippen LogP contribution in [-0.4, -0.2) is 74.2 Å². The van der Waals surface area contributed by atoms with Crippen molar-refractivity contribution in [1.82, 2.24) is 14.1 Å². The van der Waals surface area contributed by atoms with Gasteiger partial charge in [-0.15, -0.1) is 0 Å². The summed E-state index contributed by atoms with van der Waals surface area (Å²) in [6, 6.07) is 8.53. The van der Waals surface area contributed by atoms with Crippen LogP contribution in [0.5, 0.6) is 0 Å². The van der Waals surface area contributed by atoms with Gasteiger partial charge in [0.25, 0.3) is 0 Å². The van der Waals surface area contributed by atoms with Gasteiger partial charge in [0.2, 0.25) is 15.9 Å². The van der Waals surface area contributed by atoms with Crippen LogP contribution >= 0.6 is 0 Å². The molecule has 0 bridgehead atoms. The van der Waals surface area contributed by atoms with Crippen LogP contribution in [-0.2, 0) is 14.8 Å². The van der Waals surface area contributed by atoms with Crippen molar-refractivity contribution < 1.29 is 13.2 Å². The van der Waals surface area contributed by atoms with Crippen molar-refractivity contribution in [2.75, 3.05) is 45.8 Å². The number of piperidine rings is 1. The molecule has 0 atom stereocenters. The number of nitrogens with zero attached hydrogens (tertiary/aromatic N) is 3. The number of likely N-dealkylation sites (N-methyl/N-ethyl adjacent to an activating group) is 1. The smallest absolute Gasteiger partial charge is 0.243 e. The van der Waals surface area contributed by atoms with E-state index in [-0.39, 0.29) is 11.8 Å². The summed E-state index contributed by atoms with van der Waals surface area (Å²) in [7, 11) is -3.44. The fourth-order valence-corrected chi connectivity index (χ4v) is 5.12. The van der Waals surface area contributed by atoms with E-state index in [1.165, 1.54) is 4.31 Å². The number of benzene rings is 1. The van der Waals surface area contributed by atoms with Gasteiger partial charge in [0.15, 0.2) is 0 Å². The van der Waals surface area contributed by atoms with Gasteiger partial charge < -0.3 is 9.80 Å². The summed E-state index contributed by atoms with van der Waals surface area (Å²) in [5.74, 6) is 0.155. The summed E-state index contributed by atoms with van der Waals surface area (Å²) in [5, 5.41) is 0. The maximum Gasteiger partial charge on any atom is 0.243 e. The van der Waals surface area contributed by atoms with E-state index in [0.29, 0.717) is 30.8 Å². The molecule has 0 radical (unpaired) electrons. The first kappa shape index (κ1) is 18.4. The van der Waals surface area contributed by atoms with Crippen molar-refractivity contribution in [3.8, 4) is 0 Å². The van der Waals surface area contributed by atoms with Gasteiger partial charge in [-0.05, 0) is 31.5 Å². The summed E-state index contributed by atoms with van der Waals surface area (Å²) in [5.41, 5.74) is 0. The molecule has 0 saturated carbocycles. The SMILES string of the molecule is CCN1CCN(C(=O)C2CCN(S(=O)(=O)c3ccccc3)CC2)CC1. The van der Waals surface area contributed by atoms with E-state index in [9.17, 15) is 13.2 Å². The zero-order chi connectivity index (χ0) is 17.9. The van der Waals surface area contributed by atoms with Crippen molar-refractivity contribution >= 4 is 15.9 Å². The third-order valence-corrected chi connectivity index (χ3v) is 7.23. The molecule has 7 heteroatoms. The van der Waals surface area contributed by atoms with Gasteiger partial charge in [-0.1, -0.05) is 25.1 Å². The lowest BCUT2D eigenvalue weighted by Gasteiger charge is -2.38. The topological polar surface area (TPSA) is 60.9 Å². The molecule has 25 heavy (non-hydrogen) atoms. The minimum Gasteiger partial charge on any atom is -0.340 e. The molecule has 2 saturated heterocycles. The lowest BCUT2D eigenvalue weighted by Crippen LogP contribution is -2.51. The number of carbonyl (C=O) groups is 1. The highest BCUT2D eigenvalue weighted by Gasteiger charge is 2.34. The average molecular weight is 365 g/mol. The minimum atomic E-state index is -3.44. The third-order valence-electron chi connectivity index (χ3n) is 5.32. The zero-order valence-corrected chi connectivity index (χ0v) is 15.6. The molecule has 2 aliphatic rings. The van der Waals surface area contributed by atoms with Gasteiger partial charge in [0, 0.05) is 45.2 Å². The maximum absolute atomic E-state index is 12.7. The lowest BCUT2D eigenvalue weighted by molar-refractivity contribution is -0.138. The van der Waals surface area contributed by atoms with Gasteiger partial charge in [-0.25, -0.2) is 8.42 Å². The fraction of sp³-hybridized carbons (Fsp3) is 0.611. The highest BCUT2D eigenvalue weighted by atomic mass is 32.2. The number of piperazine rings is 1. The molecule has 6 nitrogen and oxygen atoms in total. The summed E-state index contributed by atoms with van der Waals surface area (Å²) >= 11 is 0. The first-order valence-electron chi connectivity index (χ1n) is 9.08. The van der Waals surface area contributed by atoms with Crippen LogP contribution in [0.15, 0.2) is 35.2 Å². The predicted molar refractivity (Wildman–Crippen MR) is 96.6 cm³/mol. The van der Waals surface area contributed by atoms with Crippen LogP contribution in [0.4, 0.5) is 0 Å². The van der Waals surface area contributed by atoms with Crippen LogP contribution in [0, 0.1) is 5.92 Å². The molecule has 0 spiro atoms. The molecular formula is C18H27N3O3S. The monoisotopic (exact) mass is 365 g/mol. The Kier molecular flexibility index (Phi) is 5.76. The van der Waals surface area contributed by atoms with Crippen molar-refractivity contribution in [2.45, 2.75) is 24.7 Å². The van der Waals surface area contributed by atoms with Gasteiger partial charge in [0.1, 0.15) is 0 Å². The Morgan fingerprint density at radius 1 is 1.00 bits per heavy atom. The van der Waals surface area contributed by atoms with Gasteiger partial charge in [-0.3, -0.25) is 4.79 Å². The molecule has 0 aromatic heterocycles. The van der Waals surface area contributed by atoms with Crippen molar-refractivity contribution in [3.05, 3.63) is 30.3 Å². The Bertz CT molecular complexity index is 677. The second-order valence-electron chi connectivity index (χ2n) is 6.75. The third kappa shape index (κ3) is 4.04. The highest BCUT2D eigenvalue weighted by Crippen LogP contribution is 2.25. The minimum absolute atomic E-state index is 0.0459. The van der Waals surface area contributed by atoms with E-state index in [2.05, 4.69) is 11.8 Å². The number of hydrogen-bond donors (Lipinski definition) is 0. The number of hydrogen-bond acceptors (Lipinski definition) is 4. The molecule has 1 aromatic carbocycles. The zero-order valence-electron chi connectivity index (χ0n) is 14.8. The second kappa shape index (κ2) is 7.85. The van der Waals surface area contributed by atoms with Crippen LogP contribution in [0.1, 0.15) is 19.8 Å². The Morgan fingerprint density at radius 3 is 2.16 bits per heavy atom. The van der Waals surface area contributed by atoms with E-state index < -0.39 is 10.0 Å². The highest BCUT2D eigenvalue weighted by molar-refractivity contribution is 7.89. The summed E-state index contributed by atoms with van der Waals surface area (Å²) < 4.78 is 26.8. The molecule has 3 rings (SSSR count). The Morgan fingerprint density at radius 2 is 1.60 bits per heavy atom. The van der Waals surface area contributed by atoms with Gasteiger partial charge in [-0.2, -0.15) is 4.31 Å². The average Bonchev–Trinajstić information content (AvgIpc) is 2.68. The molecular weight excluding hydrogens is 338 g/mol. The fourth-order valence-electron chi connectivity index (χ4n) is 3.63. The molecule has 2 heterocycles. The number of sulfonamides is 1. The van der Waals surface area contributed by atoms with E-state index >= 15 is 0 Å². The normalized spacial score (nSPS) is 21.4. The Labute approximate surface area is 150 Å². The number of rotatable bonds is 4. The molecule has 1 amide bonds. The van der Waals surface area contributed by atoms with Crippen LogP contribution in [0.2, 0.25) is 0 Å². The van der Waals surface area contributed by atoms with E-state index in [1.807, 2.05) is 11.0 Å². The van der Waals surface area contributed by atoms with Gasteiger partial charge >= 0.3 is 0 Å². The first-order valence-corrected chi connectivity index (χ1v) is 10.5. The predicted octanol–water partition coefficient (Wildman–Crippen LogP) is 1.25. The van der Waals surface area contributed by atoms with E-state index in [1.54, 1.807) is 24.3 Å². The summed E-state index contributed by atoms with van der Waals surface area (Å²) in [4.78, 5) is 17.3. The largest absolute Gasteiger partial charge is 0.340 e. The standard InChI is InChI=1S/C18H27N3O3S/c1-2-19-12-14-20(15-13-19)18(22)16-8-10-21(11-9-16)25(23,24)17-6-4-3-5-7-17/h3-7,16H,2,8-15H2,1H3. The summed E-state index contributed by atoms with van der Waals surface area (Å²) in [6.45, 7) is 7.45. The van der Waals surface area contributed by atoms with E-state index in [4.69, 9.17) is 0 Å². The maximum atomic E-state index is 12.7. The molecule has 2 fully saturated rings. The quantitative estimate of drug-likeness (QED) is 0.806. The Balaban J connectivity index is 1.56. The van der Waals surface area contributed by atoms with Crippen LogP contribution in [0.3, 0.4) is 0 Å². The first-order chi connectivity index (χ1) is 12.0. The molecule has 2 aliphatic heterocycles. The second-order valence-corrected chi connectivity index (χ2v) is 8.69. The van der Waals surface area contributed by atoms with Crippen LogP contribution < -0.4 is 0 Å². The van der Waals surface area contributed by atoms with Crippen molar-refractivity contribution in [2.24, 2.45) is 5.92 Å². The molecule has 1 aromatic rings. The van der Waals surface area contributed by atoms with Crippen LogP contribution in [0.25, 0.3) is 0 Å². The molecule has 138 valence electrons. The van der Waals surface area contributed by atoms with E-state index in [0.717, 1.165) is 32.7 Å². The Hall–Kier alpha value is -1.44. The van der Waals surface area contributed by atoms with Crippen molar-refractivity contribution in [1.29, 1.82) is 0 Å². The van der Waals surface area contributed by atoms with Crippen molar-refractivity contribution in [3.63, 3.8) is 0 Å². The number of carbonyl (C=O) groups excluding carboxylic acids is 1. The van der Waals surface area contributed by atoms with Gasteiger partial charge in [0.05, 0.1) is 4.90 Å². The molecule has 0 N–H and O–H groups in total. The lowest BCUT2D eigenvalue weighted by atomic mass is 9.96. The molecule has 0 aliphatic carbocycles. The molecule has 0 unspecified atom stereocenters. The summed E-state index contributed by atoms with van der Waals surface area (Å²) in [6.07, 6.45) is 1.22. The number of amides is 1.